The fraction of sp³-hybridized carbons (Fsp3) is 0.333. The molecule has 0 unspecified atom stereocenters. The van der Waals surface area contributed by atoms with Crippen LogP contribution in [0.1, 0.15) is 19.3 Å². The molecule has 0 bridgehead atoms. The van der Waals surface area contributed by atoms with Crippen molar-refractivity contribution in [3.63, 3.8) is 0 Å². The van der Waals surface area contributed by atoms with E-state index in [1.54, 1.807) is 12.1 Å². The first-order valence-electron chi connectivity index (χ1n) is 4.74. The molecule has 0 aliphatic rings. The Balaban J connectivity index is 2.24. The monoisotopic (exact) mass is 193 g/mol. The van der Waals surface area contributed by atoms with Crippen molar-refractivity contribution in [1.29, 1.82) is 0 Å². The fourth-order valence-electron chi connectivity index (χ4n) is 1.09. The molecule has 14 heavy (non-hydrogen) atoms. The molecular weight excluding hydrogens is 179 g/mol. The van der Waals surface area contributed by atoms with Gasteiger partial charge in [-0.2, -0.15) is 0 Å². The predicted molar refractivity (Wildman–Crippen MR) is 54.8 cm³/mol. The molecular formula is C12H14FO. The van der Waals surface area contributed by atoms with Crippen molar-refractivity contribution in [1.82, 2.24) is 0 Å². The van der Waals surface area contributed by atoms with Gasteiger partial charge in [-0.3, -0.25) is 0 Å². The molecule has 1 aromatic rings. The summed E-state index contributed by atoms with van der Waals surface area (Å²) in [7, 11) is 0. The van der Waals surface area contributed by atoms with E-state index in [1.165, 1.54) is 6.07 Å². The number of hydrogen-bond acceptors (Lipinski definition) is 1. The van der Waals surface area contributed by atoms with Crippen LogP contribution in [0.15, 0.2) is 30.9 Å². The van der Waals surface area contributed by atoms with Crippen molar-refractivity contribution in [3.05, 3.63) is 42.7 Å². The third-order valence-electron chi connectivity index (χ3n) is 1.83. The Morgan fingerprint density at radius 3 is 3.07 bits per heavy atom. The molecule has 0 aliphatic carbocycles. The highest BCUT2D eigenvalue weighted by atomic mass is 19.1. The highest BCUT2D eigenvalue weighted by molar-refractivity contribution is 5.22. The molecule has 1 nitrogen and oxygen atoms in total. The molecule has 0 spiro atoms. The van der Waals surface area contributed by atoms with Crippen molar-refractivity contribution in [2.45, 2.75) is 19.3 Å². The van der Waals surface area contributed by atoms with Crippen LogP contribution < -0.4 is 4.74 Å². The highest BCUT2D eigenvalue weighted by Crippen LogP contribution is 2.15. The van der Waals surface area contributed by atoms with Crippen LogP contribution in [-0.2, 0) is 0 Å². The number of unbranched alkanes of at least 4 members (excludes halogenated alkanes) is 2. The van der Waals surface area contributed by atoms with Crippen LogP contribution in [0.25, 0.3) is 0 Å². The second-order valence-corrected chi connectivity index (χ2v) is 2.98. The third-order valence-corrected chi connectivity index (χ3v) is 1.83. The number of halogens is 1. The number of hydrogen-bond donors (Lipinski definition) is 0. The minimum atomic E-state index is -0.420. The second kappa shape index (κ2) is 6.19. The first-order valence-corrected chi connectivity index (χ1v) is 4.74. The van der Waals surface area contributed by atoms with Gasteiger partial charge in [-0.15, -0.1) is 6.58 Å². The predicted octanol–water partition coefficient (Wildman–Crippen LogP) is 3.36. The SMILES string of the molecule is C=CCCCCOc1ccc[c]c1F. The van der Waals surface area contributed by atoms with Gasteiger partial charge in [0.05, 0.1) is 6.61 Å². The lowest BCUT2D eigenvalue weighted by molar-refractivity contribution is 0.292. The van der Waals surface area contributed by atoms with Gasteiger partial charge in [0, 0.05) is 6.07 Å². The minimum absolute atomic E-state index is 0.283. The maximum Gasteiger partial charge on any atom is 0.172 e. The Morgan fingerprint density at radius 2 is 2.36 bits per heavy atom. The first-order chi connectivity index (χ1) is 6.84. The lowest BCUT2D eigenvalue weighted by Crippen LogP contribution is -1.98. The van der Waals surface area contributed by atoms with E-state index in [0.29, 0.717) is 6.61 Å². The van der Waals surface area contributed by atoms with Crippen LogP contribution in [0, 0.1) is 11.9 Å². The average molecular weight is 193 g/mol. The van der Waals surface area contributed by atoms with Crippen molar-refractivity contribution in [2.24, 2.45) is 0 Å². The minimum Gasteiger partial charge on any atom is -0.490 e. The van der Waals surface area contributed by atoms with Crippen LogP contribution in [-0.4, -0.2) is 6.61 Å². The molecule has 0 saturated carbocycles. The quantitative estimate of drug-likeness (QED) is 0.497. The van der Waals surface area contributed by atoms with Crippen LogP contribution in [0.4, 0.5) is 4.39 Å². The number of benzene rings is 1. The molecule has 0 aromatic heterocycles. The molecule has 1 rings (SSSR count). The van der Waals surface area contributed by atoms with Gasteiger partial charge < -0.3 is 4.74 Å². The number of ether oxygens (including phenoxy) is 1. The lowest BCUT2D eigenvalue weighted by Gasteiger charge is -2.05. The molecule has 1 aromatic carbocycles. The molecule has 0 atom stereocenters. The molecule has 0 fully saturated rings. The zero-order valence-corrected chi connectivity index (χ0v) is 8.13. The highest BCUT2D eigenvalue weighted by Gasteiger charge is 2.00. The fourth-order valence-corrected chi connectivity index (χ4v) is 1.09. The normalized spacial score (nSPS) is 9.79. The molecule has 0 saturated heterocycles. The van der Waals surface area contributed by atoms with Crippen molar-refractivity contribution < 1.29 is 9.13 Å². The second-order valence-electron chi connectivity index (χ2n) is 2.98. The Kier molecular flexibility index (Phi) is 4.76. The van der Waals surface area contributed by atoms with E-state index in [2.05, 4.69) is 12.6 Å². The molecule has 0 aliphatic heterocycles. The topological polar surface area (TPSA) is 9.23 Å². The summed E-state index contributed by atoms with van der Waals surface area (Å²) in [5, 5.41) is 0. The van der Waals surface area contributed by atoms with E-state index < -0.39 is 5.82 Å². The Hall–Kier alpha value is -1.31. The molecule has 0 N–H and O–H groups in total. The smallest absolute Gasteiger partial charge is 0.172 e. The molecule has 0 heterocycles. The van der Waals surface area contributed by atoms with Gasteiger partial charge in [0.25, 0.3) is 0 Å². The van der Waals surface area contributed by atoms with Gasteiger partial charge in [-0.1, -0.05) is 18.2 Å². The van der Waals surface area contributed by atoms with E-state index in [-0.39, 0.29) is 5.75 Å². The summed E-state index contributed by atoms with van der Waals surface area (Å²) >= 11 is 0. The van der Waals surface area contributed by atoms with Gasteiger partial charge in [-0.25, -0.2) is 4.39 Å². The van der Waals surface area contributed by atoms with E-state index in [9.17, 15) is 4.39 Å². The zero-order valence-electron chi connectivity index (χ0n) is 8.13. The Bertz CT molecular complexity index is 283. The Labute approximate surface area is 84.2 Å². The van der Waals surface area contributed by atoms with Crippen LogP contribution in [0.2, 0.25) is 0 Å². The molecule has 0 amide bonds. The van der Waals surface area contributed by atoms with E-state index >= 15 is 0 Å². The maximum atomic E-state index is 13.0. The average Bonchev–Trinajstić information content (AvgIpc) is 2.20. The van der Waals surface area contributed by atoms with E-state index in [0.717, 1.165) is 19.3 Å². The summed E-state index contributed by atoms with van der Waals surface area (Å²) in [6.45, 7) is 4.17. The van der Waals surface area contributed by atoms with Gasteiger partial charge in [0.1, 0.15) is 0 Å². The largest absolute Gasteiger partial charge is 0.490 e. The number of rotatable bonds is 6. The van der Waals surface area contributed by atoms with Crippen molar-refractivity contribution >= 4 is 0 Å². The van der Waals surface area contributed by atoms with Crippen LogP contribution >= 0.6 is 0 Å². The standard InChI is InChI=1S/C12H14FO/c1-2-3-4-7-10-14-12-9-6-5-8-11(12)13/h2,5-6,9H,1,3-4,7,10H2. The van der Waals surface area contributed by atoms with Crippen LogP contribution in [0.5, 0.6) is 5.75 Å². The molecule has 75 valence electrons. The van der Waals surface area contributed by atoms with Crippen molar-refractivity contribution in [2.75, 3.05) is 6.61 Å². The molecule has 1 radical (unpaired) electrons. The summed E-state index contributed by atoms with van der Waals surface area (Å²) in [5.74, 6) is -0.137. The summed E-state index contributed by atoms with van der Waals surface area (Å²) in [4.78, 5) is 0. The summed E-state index contributed by atoms with van der Waals surface area (Å²) in [6.07, 6.45) is 4.80. The van der Waals surface area contributed by atoms with Crippen LogP contribution in [0.3, 0.4) is 0 Å². The summed E-state index contributed by atoms with van der Waals surface area (Å²) in [5.41, 5.74) is 0. The van der Waals surface area contributed by atoms with Gasteiger partial charge in [-0.05, 0) is 25.3 Å². The van der Waals surface area contributed by atoms with Gasteiger partial charge >= 0.3 is 0 Å². The van der Waals surface area contributed by atoms with E-state index in [1.807, 2.05) is 6.08 Å². The van der Waals surface area contributed by atoms with Gasteiger partial charge in [0.2, 0.25) is 0 Å². The lowest BCUT2D eigenvalue weighted by atomic mass is 10.2. The van der Waals surface area contributed by atoms with Gasteiger partial charge in [0.15, 0.2) is 11.6 Å². The zero-order chi connectivity index (χ0) is 10.2. The summed E-state index contributed by atoms with van der Waals surface area (Å²) < 4.78 is 18.2. The summed E-state index contributed by atoms with van der Waals surface area (Å²) in [6, 6.07) is 7.29. The first kappa shape index (κ1) is 10.8. The van der Waals surface area contributed by atoms with Crippen molar-refractivity contribution in [3.8, 4) is 5.75 Å². The maximum absolute atomic E-state index is 13.0. The number of allylic oxidation sites excluding steroid dienone is 1. The third kappa shape index (κ3) is 3.60. The Morgan fingerprint density at radius 1 is 1.50 bits per heavy atom. The van der Waals surface area contributed by atoms with E-state index in [4.69, 9.17) is 4.74 Å². The molecule has 2 heteroatoms.